The number of rotatable bonds is 7. The number of hydrogen-bond donors (Lipinski definition) is 2. The zero-order chi connectivity index (χ0) is 20.4. The first-order valence-corrected chi connectivity index (χ1v) is 8.52. The van der Waals surface area contributed by atoms with E-state index in [0.29, 0.717) is 5.69 Å². The summed E-state index contributed by atoms with van der Waals surface area (Å²) >= 11 is 5.87. The van der Waals surface area contributed by atoms with Crippen LogP contribution in [0.2, 0.25) is 5.02 Å². The largest absolute Gasteiger partial charge is 0.454 e. The van der Waals surface area contributed by atoms with Crippen LogP contribution in [0.25, 0.3) is 6.08 Å². The van der Waals surface area contributed by atoms with Crippen molar-refractivity contribution < 1.29 is 19.1 Å². The Morgan fingerprint density at radius 3 is 2.57 bits per heavy atom. The third kappa shape index (κ3) is 6.94. The van der Waals surface area contributed by atoms with Gasteiger partial charge in [-0.3, -0.25) is 14.4 Å². The molecule has 2 amide bonds. The molecule has 0 aliphatic heterocycles. The molecule has 8 heteroatoms. The number of amides is 2. The van der Waals surface area contributed by atoms with Crippen molar-refractivity contribution in [3.63, 3.8) is 0 Å². The molecule has 2 aromatic rings. The molecule has 0 radical (unpaired) electrons. The van der Waals surface area contributed by atoms with Crippen molar-refractivity contribution in [2.45, 2.75) is 0 Å². The minimum Gasteiger partial charge on any atom is -0.454 e. The van der Waals surface area contributed by atoms with E-state index in [1.165, 1.54) is 24.3 Å². The van der Waals surface area contributed by atoms with E-state index in [0.717, 1.165) is 5.56 Å². The molecule has 0 saturated carbocycles. The maximum Gasteiger partial charge on any atom is 0.325 e. The average molecular weight is 398 g/mol. The van der Waals surface area contributed by atoms with Gasteiger partial charge in [0.2, 0.25) is 5.91 Å². The van der Waals surface area contributed by atoms with E-state index in [9.17, 15) is 14.4 Å². The molecule has 0 aromatic heterocycles. The fourth-order valence-corrected chi connectivity index (χ4v) is 2.25. The molecule has 2 N–H and O–H groups in total. The van der Waals surface area contributed by atoms with E-state index in [1.54, 1.807) is 6.08 Å². The summed E-state index contributed by atoms with van der Waals surface area (Å²) < 4.78 is 4.79. The van der Waals surface area contributed by atoms with Gasteiger partial charge in [-0.1, -0.05) is 41.9 Å². The molecule has 0 saturated heterocycles. The van der Waals surface area contributed by atoms with Gasteiger partial charge in [0.25, 0.3) is 5.91 Å². The van der Waals surface area contributed by atoms with Crippen molar-refractivity contribution in [3.05, 3.63) is 70.8 Å². The Bertz CT molecular complexity index is 936. The van der Waals surface area contributed by atoms with Gasteiger partial charge in [-0.2, -0.15) is 5.26 Å². The van der Waals surface area contributed by atoms with Gasteiger partial charge >= 0.3 is 5.97 Å². The quantitative estimate of drug-likeness (QED) is 0.551. The molecular formula is C20H16ClN3O4. The number of anilines is 1. The molecule has 0 fully saturated rings. The van der Waals surface area contributed by atoms with Crippen LogP contribution in [0, 0.1) is 11.3 Å². The van der Waals surface area contributed by atoms with E-state index in [-0.39, 0.29) is 17.1 Å². The van der Waals surface area contributed by atoms with Crippen molar-refractivity contribution >= 4 is 41.1 Å². The van der Waals surface area contributed by atoms with Gasteiger partial charge in [-0.25, -0.2) is 0 Å². The highest BCUT2D eigenvalue weighted by Crippen LogP contribution is 2.20. The van der Waals surface area contributed by atoms with Gasteiger partial charge in [0, 0.05) is 11.8 Å². The molecule has 0 bridgehead atoms. The van der Waals surface area contributed by atoms with E-state index < -0.39 is 24.4 Å². The van der Waals surface area contributed by atoms with Crippen LogP contribution in [0.1, 0.15) is 11.1 Å². The standard InChI is InChI=1S/C20H16ClN3O4/c21-17-10-16(8-7-15(17)11-22)24-19(26)13-28-20(27)12-23-18(25)9-6-14-4-2-1-3-5-14/h1-10H,12-13H2,(H,23,25)(H,24,26)/b9-6+. The molecule has 2 aromatic carbocycles. The second-order valence-corrected chi connectivity index (χ2v) is 5.88. The van der Waals surface area contributed by atoms with E-state index >= 15 is 0 Å². The lowest BCUT2D eigenvalue weighted by atomic mass is 10.2. The molecule has 0 atom stereocenters. The minimum atomic E-state index is -0.755. The van der Waals surface area contributed by atoms with Crippen molar-refractivity contribution in [2.75, 3.05) is 18.5 Å². The third-order valence-corrected chi connectivity index (χ3v) is 3.68. The number of nitrogens with one attached hydrogen (secondary N) is 2. The summed E-state index contributed by atoms with van der Waals surface area (Å²) in [5.41, 5.74) is 1.49. The maximum atomic E-state index is 11.8. The van der Waals surface area contributed by atoms with Crippen LogP contribution in [0.5, 0.6) is 0 Å². The molecule has 0 aliphatic carbocycles. The highest BCUT2D eigenvalue weighted by molar-refractivity contribution is 6.32. The van der Waals surface area contributed by atoms with Crippen LogP contribution in [-0.4, -0.2) is 30.9 Å². The average Bonchev–Trinajstić information content (AvgIpc) is 2.70. The number of carbonyl (C=O) groups excluding carboxylic acids is 3. The molecule has 0 heterocycles. The van der Waals surface area contributed by atoms with Crippen LogP contribution in [0.4, 0.5) is 5.69 Å². The van der Waals surface area contributed by atoms with Gasteiger partial charge < -0.3 is 15.4 Å². The van der Waals surface area contributed by atoms with Crippen LogP contribution < -0.4 is 10.6 Å². The Morgan fingerprint density at radius 1 is 1.14 bits per heavy atom. The SMILES string of the molecule is N#Cc1ccc(NC(=O)COC(=O)CNC(=O)/C=C/c2ccccc2)cc1Cl. The Labute approximate surface area is 166 Å². The zero-order valence-electron chi connectivity index (χ0n) is 14.6. The number of ether oxygens (including phenoxy) is 1. The summed E-state index contributed by atoms with van der Waals surface area (Å²) in [6.45, 7) is -0.889. The Balaban J connectivity index is 1.71. The monoisotopic (exact) mass is 397 g/mol. The Kier molecular flexibility index (Phi) is 7.76. The molecule has 28 heavy (non-hydrogen) atoms. The normalized spacial score (nSPS) is 10.1. The summed E-state index contributed by atoms with van der Waals surface area (Å²) in [5, 5.41) is 13.9. The summed E-state index contributed by atoms with van der Waals surface area (Å²) in [6, 6.07) is 15.5. The highest BCUT2D eigenvalue weighted by Gasteiger charge is 2.10. The predicted octanol–water partition coefficient (Wildman–Crippen LogP) is 2.52. The number of benzene rings is 2. The van der Waals surface area contributed by atoms with Gasteiger partial charge in [0.15, 0.2) is 6.61 Å². The zero-order valence-corrected chi connectivity index (χ0v) is 15.4. The minimum absolute atomic E-state index is 0.198. The lowest BCUT2D eigenvalue weighted by Crippen LogP contribution is -2.31. The lowest BCUT2D eigenvalue weighted by Gasteiger charge is -2.07. The number of nitrogens with zero attached hydrogens (tertiary/aromatic N) is 1. The second kappa shape index (κ2) is 10.5. The summed E-state index contributed by atoms with van der Waals surface area (Å²) in [4.78, 5) is 35.1. The maximum absolute atomic E-state index is 11.8. The second-order valence-electron chi connectivity index (χ2n) is 5.48. The van der Waals surface area contributed by atoms with E-state index in [1.807, 2.05) is 36.4 Å². The van der Waals surface area contributed by atoms with Crippen LogP contribution in [0.3, 0.4) is 0 Å². The van der Waals surface area contributed by atoms with Crippen LogP contribution in [0.15, 0.2) is 54.6 Å². The van der Waals surface area contributed by atoms with Crippen molar-refractivity contribution in [2.24, 2.45) is 0 Å². The first-order valence-electron chi connectivity index (χ1n) is 8.14. The fraction of sp³-hybridized carbons (Fsp3) is 0.100. The van der Waals surface area contributed by atoms with Gasteiger partial charge in [0.1, 0.15) is 12.6 Å². The Hall–Kier alpha value is -3.63. The van der Waals surface area contributed by atoms with Crippen molar-refractivity contribution in [3.8, 4) is 6.07 Å². The summed E-state index contributed by atoms with van der Waals surface area (Å²) in [6.07, 6.45) is 2.90. The number of hydrogen-bond acceptors (Lipinski definition) is 5. The topological polar surface area (TPSA) is 108 Å². The molecule has 0 spiro atoms. The first-order chi connectivity index (χ1) is 13.5. The first kappa shape index (κ1) is 20.7. The molecule has 142 valence electrons. The van der Waals surface area contributed by atoms with Crippen molar-refractivity contribution in [1.29, 1.82) is 5.26 Å². The van der Waals surface area contributed by atoms with E-state index in [4.69, 9.17) is 21.6 Å². The van der Waals surface area contributed by atoms with Gasteiger partial charge in [0.05, 0.1) is 10.6 Å². The third-order valence-electron chi connectivity index (χ3n) is 3.37. The van der Waals surface area contributed by atoms with Crippen molar-refractivity contribution in [1.82, 2.24) is 5.32 Å². The molecule has 2 rings (SSSR count). The van der Waals surface area contributed by atoms with Crippen LogP contribution in [-0.2, 0) is 19.1 Å². The Morgan fingerprint density at radius 2 is 1.89 bits per heavy atom. The van der Waals surface area contributed by atoms with E-state index in [2.05, 4.69) is 10.6 Å². The molecular weight excluding hydrogens is 382 g/mol. The highest BCUT2D eigenvalue weighted by atomic mass is 35.5. The number of carbonyl (C=O) groups is 3. The number of nitriles is 1. The van der Waals surface area contributed by atoms with Crippen LogP contribution >= 0.6 is 11.6 Å². The van der Waals surface area contributed by atoms with Gasteiger partial charge in [-0.05, 0) is 29.8 Å². The van der Waals surface area contributed by atoms with Gasteiger partial charge in [-0.15, -0.1) is 0 Å². The number of esters is 1. The smallest absolute Gasteiger partial charge is 0.325 e. The molecule has 0 aliphatic rings. The molecule has 0 unspecified atom stereocenters. The predicted molar refractivity (Wildman–Crippen MR) is 104 cm³/mol. The molecule has 7 nitrogen and oxygen atoms in total. The summed E-state index contributed by atoms with van der Waals surface area (Å²) in [7, 11) is 0. The lowest BCUT2D eigenvalue weighted by molar-refractivity contribution is -0.146. The fourth-order valence-electron chi connectivity index (χ4n) is 2.03. The number of halogens is 1. The summed E-state index contributed by atoms with van der Waals surface area (Å²) in [5.74, 6) is -1.80.